The maximum atomic E-state index is 13.9. The summed E-state index contributed by atoms with van der Waals surface area (Å²) in [5, 5.41) is 0.421. The summed E-state index contributed by atoms with van der Waals surface area (Å²) in [4.78, 5) is 41.2. The lowest BCUT2D eigenvalue weighted by Crippen LogP contribution is -2.29. The first-order valence-corrected chi connectivity index (χ1v) is 13.3. The number of anilines is 1. The van der Waals surface area contributed by atoms with Crippen LogP contribution in [0.1, 0.15) is 77.3 Å². The van der Waals surface area contributed by atoms with E-state index < -0.39 is 11.9 Å². The van der Waals surface area contributed by atoms with Crippen molar-refractivity contribution in [3.63, 3.8) is 0 Å². The highest BCUT2D eigenvalue weighted by molar-refractivity contribution is 6.11. The zero-order valence-corrected chi connectivity index (χ0v) is 22.6. The predicted octanol–water partition coefficient (Wildman–Crippen LogP) is 6.63. The maximum Gasteiger partial charge on any atom is 0.295 e. The Kier molecular flexibility index (Phi) is 7.24. The molecule has 200 valence electrons. The van der Waals surface area contributed by atoms with Gasteiger partial charge in [-0.3, -0.25) is 19.3 Å². The largest absolute Gasteiger partial charge is 0.490 e. The Hall–Kier alpha value is -4.39. The summed E-state index contributed by atoms with van der Waals surface area (Å²) in [7, 11) is 0. The summed E-state index contributed by atoms with van der Waals surface area (Å²) < 4.78 is 18.0. The van der Waals surface area contributed by atoms with E-state index in [0.29, 0.717) is 52.5 Å². The van der Waals surface area contributed by atoms with Gasteiger partial charge in [-0.1, -0.05) is 31.0 Å². The Bertz CT molecular complexity index is 1620. The van der Waals surface area contributed by atoms with E-state index in [1.807, 2.05) is 38.1 Å². The zero-order valence-electron chi connectivity index (χ0n) is 22.6. The molecule has 7 heteroatoms. The first-order chi connectivity index (χ1) is 18.8. The van der Waals surface area contributed by atoms with Crippen LogP contribution in [0.5, 0.6) is 11.5 Å². The molecule has 1 aliphatic heterocycles. The van der Waals surface area contributed by atoms with Gasteiger partial charge in [0, 0.05) is 11.3 Å². The van der Waals surface area contributed by atoms with Gasteiger partial charge in [-0.2, -0.15) is 0 Å². The lowest BCUT2D eigenvalue weighted by molar-refractivity contribution is 0.0970. The number of aryl methyl sites for hydroxylation is 1. The second-order valence-electron chi connectivity index (χ2n) is 9.70. The van der Waals surface area contributed by atoms with E-state index in [2.05, 4.69) is 6.92 Å². The number of carbonyl (C=O) groups excluding carboxylic acids is 2. The van der Waals surface area contributed by atoms with Crippen LogP contribution in [0, 0.1) is 6.92 Å². The molecule has 0 radical (unpaired) electrons. The molecule has 7 nitrogen and oxygen atoms in total. The van der Waals surface area contributed by atoms with Crippen molar-refractivity contribution in [2.75, 3.05) is 18.1 Å². The van der Waals surface area contributed by atoms with Gasteiger partial charge in [0.1, 0.15) is 5.58 Å². The highest BCUT2D eigenvalue weighted by Gasteiger charge is 2.44. The molecular formula is C32H31NO6. The van der Waals surface area contributed by atoms with Gasteiger partial charge in [-0.25, -0.2) is 0 Å². The van der Waals surface area contributed by atoms with Gasteiger partial charge < -0.3 is 13.9 Å². The molecule has 0 saturated carbocycles. The van der Waals surface area contributed by atoms with Gasteiger partial charge >= 0.3 is 0 Å². The Labute approximate surface area is 227 Å². The monoisotopic (exact) mass is 525 g/mol. The van der Waals surface area contributed by atoms with Crippen LogP contribution in [0.2, 0.25) is 0 Å². The third kappa shape index (κ3) is 4.80. The second-order valence-corrected chi connectivity index (χ2v) is 9.70. The number of ketones is 1. The molecule has 1 atom stereocenters. The smallest absolute Gasteiger partial charge is 0.295 e. The van der Waals surface area contributed by atoms with Crippen molar-refractivity contribution in [2.24, 2.45) is 0 Å². The standard InChI is InChI=1S/C32H31NO6/c1-5-7-16-38-26-15-11-22(18-27(26)37-6-2)29-28-30(35)24-17-19(3)8-14-25(24)39-31(28)32(36)33(29)23-12-9-21(10-13-23)20(4)34/h8-15,17-18,29H,5-7,16H2,1-4H3. The third-order valence-electron chi connectivity index (χ3n) is 6.92. The quantitative estimate of drug-likeness (QED) is 0.180. The number of carbonyl (C=O) groups is 2. The molecule has 1 aromatic heterocycles. The molecule has 39 heavy (non-hydrogen) atoms. The number of hydrogen-bond donors (Lipinski definition) is 0. The zero-order chi connectivity index (χ0) is 27.7. The fraction of sp³-hybridized carbons (Fsp3) is 0.281. The Morgan fingerprint density at radius 3 is 2.41 bits per heavy atom. The topological polar surface area (TPSA) is 86.0 Å². The molecule has 5 rings (SSSR count). The molecule has 0 saturated heterocycles. The first-order valence-electron chi connectivity index (χ1n) is 13.3. The fourth-order valence-corrected chi connectivity index (χ4v) is 4.93. The Balaban J connectivity index is 1.71. The minimum Gasteiger partial charge on any atom is -0.490 e. The molecule has 0 N–H and O–H groups in total. The van der Waals surface area contributed by atoms with Crippen LogP contribution >= 0.6 is 0 Å². The van der Waals surface area contributed by atoms with Crippen LogP contribution in [-0.2, 0) is 0 Å². The third-order valence-corrected chi connectivity index (χ3v) is 6.92. The highest BCUT2D eigenvalue weighted by atomic mass is 16.5. The summed E-state index contributed by atoms with van der Waals surface area (Å²) in [6.45, 7) is 8.37. The van der Waals surface area contributed by atoms with Crippen molar-refractivity contribution < 1.29 is 23.5 Å². The molecule has 4 aromatic rings. The molecule has 0 bridgehead atoms. The molecular weight excluding hydrogens is 494 g/mol. The number of rotatable bonds is 9. The molecule has 1 unspecified atom stereocenters. The van der Waals surface area contributed by atoms with Crippen LogP contribution in [-0.4, -0.2) is 24.9 Å². The molecule has 1 aliphatic rings. The van der Waals surface area contributed by atoms with Gasteiger partial charge in [0.05, 0.1) is 30.2 Å². The number of benzene rings is 3. The lowest BCUT2D eigenvalue weighted by atomic mass is 9.97. The van der Waals surface area contributed by atoms with Crippen LogP contribution < -0.4 is 19.8 Å². The number of ether oxygens (including phenoxy) is 2. The molecule has 3 aromatic carbocycles. The van der Waals surface area contributed by atoms with Crippen LogP contribution in [0.15, 0.2) is 69.9 Å². The van der Waals surface area contributed by atoms with E-state index in [1.54, 1.807) is 41.3 Å². The van der Waals surface area contributed by atoms with Crippen molar-refractivity contribution in [3.05, 3.63) is 98.9 Å². The average molecular weight is 526 g/mol. The normalized spacial score (nSPS) is 14.5. The highest BCUT2D eigenvalue weighted by Crippen LogP contribution is 2.43. The Morgan fingerprint density at radius 1 is 0.949 bits per heavy atom. The maximum absolute atomic E-state index is 13.9. The van der Waals surface area contributed by atoms with Gasteiger partial charge in [-0.05, 0) is 81.3 Å². The summed E-state index contributed by atoms with van der Waals surface area (Å²) in [6, 6.07) is 16.9. The number of unbranched alkanes of at least 4 members (excludes halogenated alkanes) is 1. The van der Waals surface area contributed by atoms with Gasteiger partial charge in [0.2, 0.25) is 5.76 Å². The minimum atomic E-state index is -0.763. The van der Waals surface area contributed by atoms with Crippen molar-refractivity contribution >= 4 is 28.3 Å². The summed E-state index contributed by atoms with van der Waals surface area (Å²) in [5.41, 5.74) is 3.06. The number of fused-ring (bicyclic) bond motifs is 2. The number of Topliss-reactive ketones (excluding diaryl/α,β-unsaturated/α-hetero) is 1. The van der Waals surface area contributed by atoms with E-state index in [-0.39, 0.29) is 22.5 Å². The summed E-state index contributed by atoms with van der Waals surface area (Å²) in [6.07, 6.45) is 1.92. The summed E-state index contributed by atoms with van der Waals surface area (Å²) in [5.74, 6) is 0.661. The van der Waals surface area contributed by atoms with Crippen molar-refractivity contribution in [3.8, 4) is 11.5 Å². The first kappa shape index (κ1) is 26.2. The SMILES string of the molecule is CCCCOc1ccc(C2c3c(oc4ccc(C)cc4c3=O)C(=O)N2c2ccc(C(C)=O)cc2)cc1OCC. The second kappa shape index (κ2) is 10.8. The van der Waals surface area contributed by atoms with E-state index in [1.165, 1.54) is 6.92 Å². The van der Waals surface area contributed by atoms with Crippen LogP contribution in [0.3, 0.4) is 0 Å². The van der Waals surface area contributed by atoms with E-state index >= 15 is 0 Å². The van der Waals surface area contributed by atoms with Gasteiger partial charge in [0.15, 0.2) is 22.7 Å². The van der Waals surface area contributed by atoms with Crippen molar-refractivity contribution in [1.82, 2.24) is 0 Å². The lowest BCUT2D eigenvalue weighted by Gasteiger charge is -2.26. The number of amides is 1. The molecule has 0 spiro atoms. The van der Waals surface area contributed by atoms with E-state index in [0.717, 1.165) is 18.4 Å². The molecule has 0 aliphatic carbocycles. The number of hydrogen-bond acceptors (Lipinski definition) is 6. The molecule has 1 amide bonds. The van der Waals surface area contributed by atoms with Gasteiger partial charge in [0.25, 0.3) is 5.91 Å². The minimum absolute atomic E-state index is 0.0122. The predicted molar refractivity (Wildman–Crippen MR) is 150 cm³/mol. The molecule has 0 fully saturated rings. The Morgan fingerprint density at radius 2 is 1.72 bits per heavy atom. The van der Waals surface area contributed by atoms with E-state index in [9.17, 15) is 14.4 Å². The van der Waals surface area contributed by atoms with Crippen LogP contribution in [0.25, 0.3) is 11.0 Å². The van der Waals surface area contributed by atoms with Crippen LogP contribution in [0.4, 0.5) is 5.69 Å². The average Bonchev–Trinajstić information content (AvgIpc) is 3.22. The molecule has 2 heterocycles. The van der Waals surface area contributed by atoms with Crippen molar-refractivity contribution in [1.29, 1.82) is 0 Å². The summed E-state index contributed by atoms with van der Waals surface area (Å²) >= 11 is 0. The van der Waals surface area contributed by atoms with E-state index in [4.69, 9.17) is 13.9 Å². The number of nitrogens with zero attached hydrogens (tertiary/aromatic N) is 1. The van der Waals surface area contributed by atoms with Gasteiger partial charge in [-0.15, -0.1) is 0 Å². The van der Waals surface area contributed by atoms with Crippen molar-refractivity contribution in [2.45, 2.75) is 46.6 Å². The fourth-order valence-electron chi connectivity index (χ4n) is 4.93.